The van der Waals surface area contributed by atoms with Crippen molar-refractivity contribution in [1.29, 1.82) is 0 Å². The minimum atomic E-state index is -1.21. The molecule has 0 saturated carbocycles. The average Bonchev–Trinajstić information content (AvgIpc) is 2.64. The van der Waals surface area contributed by atoms with Crippen molar-refractivity contribution < 1.29 is 38.7 Å². The highest BCUT2D eigenvalue weighted by Gasteiger charge is 2.49. The Labute approximate surface area is 145 Å². The summed E-state index contributed by atoms with van der Waals surface area (Å²) >= 11 is 0. The van der Waals surface area contributed by atoms with Crippen LogP contribution in [0.3, 0.4) is 0 Å². The first-order valence-electron chi connectivity index (χ1n) is 8.13. The van der Waals surface area contributed by atoms with Gasteiger partial charge in [0.15, 0.2) is 12.6 Å². The number of hydrogen-bond donors (Lipinski definition) is 2. The smallest absolute Gasteiger partial charge is 0.338 e. The molecule has 0 aromatic heterocycles. The van der Waals surface area contributed by atoms with E-state index in [9.17, 15) is 15.0 Å². The van der Waals surface area contributed by atoms with E-state index in [2.05, 4.69) is 0 Å². The van der Waals surface area contributed by atoms with Crippen LogP contribution in [0.1, 0.15) is 29.1 Å². The van der Waals surface area contributed by atoms with Gasteiger partial charge in [-0.25, -0.2) is 4.79 Å². The molecule has 25 heavy (non-hydrogen) atoms. The lowest BCUT2D eigenvalue weighted by Crippen LogP contribution is -2.62. The predicted octanol–water partition coefficient (Wildman–Crippen LogP) is 0.370. The van der Waals surface area contributed by atoms with E-state index in [1.807, 2.05) is 0 Å². The number of fused-ring (bicyclic) bond motifs is 1. The maximum absolute atomic E-state index is 11.7. The van der Waals surface area contributed by atoms with E-state index < -0.39 is 43.0 Å². The minimum Gasteiger partial charge on any atom is -0.462 e. The molecule has 6 atom stereocenters. The fourth-order valence-electron chi connectivity index (χ4n) is 2.93. The van der Waals surface area contributed by atoms with Crippen LogP contribution >= 0.6 is 0 Å². The number of carbonyl (C=O) groups excluding carboxylic acids is 1. The summed E-state index contributed by atoms with van der Waals surface area (Å²) < 4.78 is 26.9. The lowest BCUT2D eigenvalue weighted by Gasteiger charge is -2.45. The van der Waals surface area contributed by atoms with Crippen molar-refractivity contribution in [3.05, 3.63) is 35.4 Å². The predicted molar refractivity (Wildman–Crippen MR) is 83.6 cm³/mol. The molecular formula is C17H22O8. The molecule has 1 aromatic carbocycles. The van der Waals surface area contributed by atoms with Crippen molar-refractivity contribution in [3.8, 4) is 0 Å². The molecule has 0 radical (unpaired) electrons. The number of carbonyl (C=O) groups is 1. The molecule has 0 aliphatic carbocycles. The van der Waals surface area contributed by atoms with Crippen LogP contribution in [0, 0.1) is 0 Å². The molecular weight excluding hydrogens is 332 g/mol. The summed E-state index contributed by atoms with van der Waals surface area (Å²) in [7, 11) is 1.39. The SMILES string of the molecule is CCOC(=O)c1ccc(C2OC[C@H]3O[C@H](OC)[C@H](O)[C@@H](O)[C@@H]3O2)cc1. The van der Waals surface area contributed by atoms with E-state index in [4.69, 9.17) is 23.7 Å². The quantitative estimate of drug-likeness (QED) is 0.748. The van der Waals surface area contributed by atoms with Crippen LogP contribution in [0.5, 0.6) is 0 Å². The molecule has 2 aliphatic heterocycles. The topological polar surface area (TPSA) is 104 Å². The molecule has 1 aromatic rings. The monoisotopic (exact) mass is 354 g/mol. The fourth-order valence-corrected chi connectivity index (χ4v) is 2.93. The molecule has 2 aliphatic rings. The minimum absolute atomic E-state index is 0.179. The Bertz CT molecular complexity index is 587. The number of rotatable bonds is 4. The Kier molecular flexibility index (Phi) is 5.67. The highest BCUT2D eigenvalue weighted by atomic mass is 16.7. The van der Waals surface area contributed by atoms with Crippen LogP contribution in [0.2, 0.25) is 0 Å². The highest BCUT2D eigenvalue weighted by Crippen LogP contribution is 2.34. The second-order valence-electron chi connectivity index (χ2n) is 5.87. The number of esters is 1. The summed E-state index contributed by atoms with van der Waals surface area (Å²) in [6.07, 6.45) is -5.32. The first-order chi connectivity index (χ1) is 12.0. The summed E-state index contributed by atoms with van der Waals surface area (Å²) in [6, 6.07) is 6.63. The molecule has 0 spiro atoms. The molecule has 2 saturated heterocycles. The Morgan fingerprint density at radius 1 is 1.20 bits per heavy atom. The van der Waals surface area contributed by atoms with Gasteiger partial charge in [0.25, 0.3) is 0 Å². The Morgan fingerprint density at radius 3 is 2.56 bits per heavy atom. The van der Waals surface area contributed by atoms with Gasteiger partial charge in [0.05, 0.1) is 18.8 Å². The third-order valence-corrected chi connectivity index (χ3v) is 4.26. The maximum atomic E-state index is 11.7. The van der Waals surface area contributed by atoms with Crippen molar-refractivity contribution in [3.63, 3.8) is 0 Å². The number of aliphatic hydroxyl groups excluding tert-OH is 2. The zero-order chi connectivity index (χ0) is 18.0. The summed E-state index contributed by atoms with van der Waals surface area (Å²) in [5.41, 5.74) is 1.11. The van der Waals surface area contributed by atoms with Gasteiger partial charge in [-0.2, -0.15) is 0 Å². The molecule has 2 N–H and O–H groups in total. The van der Waals surface area contributed by atoms with Gasteiger partial charge < -0.3 is 33.9 Å². The lowest BCUT2D eigenvalue weighted by atomic mass is 9.98. The van der Waals surface area contributed by atoms with Gasteiger partial charge >= 0.3 is 5.97 Å². The summed E-state index contributed by atoms with van der Waals surface area (Å²) in [4.78, 5) is 11.7. The Morgan fingerprint density at radius 2 is 1.92 bits per heavy atom. The van der Waals surface area contributed by atoms with Crippen molar-refractivity contribution in [2.24, 2.45) is 0 Å². The van der Waals surface area contributed by atoms with Gasteiger partial charge in [0, 0.05) is 12.7 Å². The summed E-state index contributed by atoms with van der Waals surface area (Å²) in [5.74, 6) is -0.399. The molecule has 1 unspecified atom stereocenters. The molecule has 8 heteroatoms. The third-order valence-electron chi connectivity index (χ3n) is 4.26. The average molecular weight is 354 g/mol. The zero-order valence-electron chi connectivity index (χ0n) is 14.0. The van der Waals surface area contributed by atoms with Crippen molar-refractivity contribution in [2.45, 2.75) is 43.9 Å². The lowest BCUT2D eigenvalue weighted by molar-refractivity contribution is -0.358. The van der Waals surface area contributed by atoms with E-state index >= 15 is 0 Å². The van der Waals surface area contributed by atoms with E-state index in [0.29, 0.717) is 17.7 Å². The number of methoxy groups -OCH3 is 1. The van der Waals surface area contributed by atoms with Crippen LogP contribution in [-0.2, 0) is 23.7 Å². The van der Waals surface area contributed by atoms with E-state index in [1.54, 1.807) is 31.2 Å². The number of benzene rings is 1. The molecule has 138 valence electrons. The van der Waals surface area contributed by atoms with E-state index in [0.717, 1.165) is 0 Å². The largest absolute Gasteiger partial charge is 0.462 e. The van der Waals surface area contributed by atoms with Crippen LogP contribution < -0.4 is 0 Å². The number of hydrogen-bond acceptors (Lipinski definition) is 8. The van der Waals surface area contributed by atoms with Crippen LogP contribution in [0.15, 0.2) is 24.3 Å². The normalized spacial score (nSPS) is 35.0. The Balaban J connectivity index is 1.68. The van der Waals surface area contributed by atoms with Crippen LogP contribution in [-0.4, -0.2) is 67.2 Å². The standard InChI is InChI=1S/C17H22O8/c1-3-22-15(20)9-4-6-10(7-5-9)16-23-8-11-14(25-16)12(18)13(19)17(21-2)24-11/h4-7,11-14,16-19H,3,8H2,1-2H3/t11-,12-,13-,14-,16?,17+/m1/s1. The van der Waals surface area contributed by atoms with Crippen LogP contribution in [0.25, 0.3) is 0 Å². The Hall–Kier alpha value is -1.55. The molecule has 0 bridgehead atoms. The molecule has 8 nitrogen and oxygen atoms in total. The molecule has 2 fully saturated rings. The fraction of sp³-hybridized carbons (Fsp3) is 0.588. The van der Waals surface area contributed by atoms with E-state index in [-0.39, 0.29) is 6.61 Å². The van der Waals surface area contributed by atoms with Gasteiger partial charge in [-0.05, 0) is 19.1 Å². The summed E-state index contributed by atoms with van der Waals surface area (Å²) in [6.45, 7) is 2.23. The van der Waals surface area contributed by atoms with Gasteiger partial charge in [0.1, 0.15) is 24.4 Å². The zero-order valence-corrected chi connectivity index (χ0v) is 14.0. The van der Waals surface area contributed by atoms with E-state index in [1.165, 1.54) is 7.11 Å². The van der Waals surface area contributed by atoms with Crippen molar-refractivity contribution in [1.82, 2.24) is 0 Å². The molecule has 3 rings (SSSR count). The molecule has 2 heterocycles. The summed E-state index contributed by atoms with van der Waals surface area (Å²) in [5, 5.41) is 20.3. The first-order valence-corrected chi connectivity index (χ1v) is 8.13. The van der Waals surface area contributed by atoms with Crippen molar-refractivity contribution >= 4 is 5.97 Å². The van der Waals surface area contributed by atoms with Gasteiger partial charge in [-0.15, -0.1) is 0 Å². The number of ether oxygens (including phenoxy) is 5. The second-order valence-corrected chi connectivity index (χ2v) is 5.87. The second kappa shape index (κ2) is 7.77. The maximum Gasteiger partial charge on any atom is 0.338 e. The van der Waals surface area contributed by atoms with Gasteiger partial charge in [0.2, 0.25) is 0 Å². The highest BCUT2D eigenvalue weighted by molar-refractivity contribution is 5.89. The van der Waals surface area contributed by atoms with Crippen LogP contribution in [0.4, 0.5) is 0 Å². The third kappa shape index (κ3) is 3.69. The van der Waals surface area contributed by atoms with Gasteiger partial charge in [-0.1, -0.05) is 12.1 Å². The van der Waals surface area contributed by atoms with Crippen molar-refractivity contribution in [2.75, 3.05) is 20.3 Å². The molecule has 0 amide bonds. The number of aliphatic hydroxyl groups is 2. The van der Waals surface area contributed by atoms with Gasteiger partial charge in [-0.3, -0.25) is 0 Å². The first kappa shape index (κ1) is 18.2.